The summed E-state index contributed by atoms with van der Waals surface area (Å²) in [6.45, 7) is 2.87. The molecule has 0 atom stereocenters. The molecule has 4 rings (SSSR count). The molecule has 0 saturated carbocycles. The van der Waals surface area contributed by atoms with Crippen LogP contribution in [0.3, 0.4) is 0 Å². The van der Waals surface area contributed by atoms with Crippen LogP contribution in [0.4, 0.5) is 5.13 Å². The predicted molar refractivity (Wildman–Crippen MR) is 128 cm³/mol. The normalized spacial score (nSPS) is 11.1. The lowest BCUT2D eigenvalue weighted by atomic mass is 10.2. The van der Waals surface area contributed by atoms with Gasteiger partial charge in [-0.1, -0.05) is 74.3 Å². The summed E-state index contributed by atoms with van der Waals surface area (Å²) in [5, 5.41) is 11.9. The Morgan fingerprint density at radius 2 is 1.90 bits per heavy atom. The van der Waals surface area contributed by atoms with Gasteiger partial charge in [-0.2, -0.15) is 0 Å². The molecule has 0 spiro atoms. The molecule has 3 aromatic heterocycles. The molecule has 0 bridgehead atoms. The van der Waals surface area contributed by atoms with Gasteiger partial charge in [0, 0.05) is 23.7 Å². The van der Waals surface area contributed by atoms with E-state index in [1.165, 1.54) is 35.9 Å². The van der Waals surface area contributed by atoms with Crippen LogP contribution in [0.25, 0.3) is 16.9 Å². The first-order chi connectivity index (χ1) is 15.3. The first-order valence-electron chi connectivity index (χ1n) is 10.5. The molecule has 0 radical (unpaired) electrons. The Bertz CT molecular complexity index is 1130. The number of thioether (sulfide) groups is 1. The third kappa shape index (κ3) is 5.32. The summed E-state index contributed by atoms with van der Waals surface area (Å²) in [7, 11) is 0. The van der Waals surface area contributed by atoms with Gasteiger partial charge in [0.1, 0.15) is 0 Å². The number of unbranched alkanes of at least 4 members (excludes halogenated alkanes) is 3. The van der Waals surface area contributed by atoms with Crippen molar-refractivity contribution >= 4 is 39.8 Å². The number of hydrogen-bond acceptors (Lipinski definition) is 6. The maximum Gasteiger partial charge on any atom is 0.239 e. The number of thiazole rings is 1. The van der Waals surface area contributed by atoms with Crippen molar-refractivity contribution in [3.8, 4) is 11.3 Å². The van der Waals surface area contributed by atoms with Crippen molar-refractivity contribution in [2.24, 2.45) is 0 Å². The largest absolute Gasteiger partial charge is 0.287 e. The van der Waals surface area contributed by atoms with Gasteiger partial charge >= 0.3 is 0 Å². The van der Waals surface area contributed by atoms with E-state index in [-0.39, 0.29) is 5.91 Å². The van der Waals surface area contributed by atoms with Gasteiger partial charge in [0.25, 0.3) is 0 Å². The number of fused-ring (bicyclic) bond motifs is 1. The smallest absolute Gasteiger partial charge is 0.239 e. The van der Waals surface area contributed by atoms with Crippen LogP contribution in [0.2, 0.25) is 0 Å². The van der Waals surface area contributed by atoms with Crippen molar-refractivity contribution in [2.45, 2.75) is 37.8 Å². The molecule has 0 aliphatic heterocycles. The summed E-state index contributed by atoms with van der Waals surface area (Å²) >= 11 is 2.93. The number of hydrogen-bond donors (Lipinski definition) is 0. The molecular weight excluding hydrogens is 426 g/mol. The number of amides is 1. The summed E-state index contributed by atoms with van der Waals surface area (Å²) in [5.41, 5.74) is 2.75. The lowest BCUT2D eigenvalue weighted by Gasteiger charge is -2.19. The van der Waals surface area contributed by atoms with Gasteiger partial charge < -0.3 is 0 Å². The molecule has 8 heteroatoms. The second-order valence-electron chi connectivity index (χ2n) is 7.19. The number of benzene rings is 1. The van der Waals surface area contributed by atoms with E-state index in [2.05, 4.69) is 17.1 Å². The maximum atomic E-state index is 13.2. The molecule has 0 fully saturated rings. The van der Waals surface area contributed by atoms with E-state index in [4.69, 9.17) is 4.98 Å². The minimum Gasteiger partial charge on any atom is -0.287 e. The Balaban J connectivity index is 1.48. The average molecular weight is 452 g/mol. The summed E-state index contributed by atoms with van der Waals surface area (Å²) in [6.07, 6.45) is 6.34. The standard InChI is InChI=1S/C23H25N5OS2/c1-2-3-4-9-15-28(22-24-19(16-30-22)18-11-6-5-7-12-18)21(29)17-31-23-26-25-20-13-8-10-14-27(20)23/h5-8,10-14,16H,2-4,9,15,17H2,1H3. The number of rotatable bonds is 10. The van der Waals surface area contributed by atoms with Gasteiger partial charge in [-0.3, -0.25) is 14.1 Å². The minimum absolute atomic E-state index is 0.0446. The fourth-order valence-electron chi connectivity index (χ4n) is 3.28. The SMILES string of the molecule is CCCCCCN(C(=O)CSc1nnc2ccccn12)c1nc(-c2ccccc2)cs1. The van der Waals surface area contributed by atoms with Crippen LogP contribution in [0, 0.1) is 0 Å². The predicted octanol–water partition coefficient (Wildman–Crippen LogP) is 5.56. The molecule has 0 aliphatic carbocycles. The summed E-state index contributed by atoms with van der Waals surface area (Å²) in [6, 6.07) is 15.8. The molecule has 4 aromatic rings. The lowest BCUT2D eigenvalue weighted by Crippen LogP contribution is -2.33. The third-order valence-corrected chi connectivity index (χ3v) is 6.73. The topological polar surface area (TPSA) is 63.4 Å². The Kier molecular flexibility index (Phi) is 7.32. The molecule has 31 heavy (non-hydrogen) atoms. The average Bonchev–Trinajstić information content (AvgIpc) is 3.46. The minimum atomic E-state index is 0.0446. The molecule has 1 amide bonds. The van der Waals surface area contributed by atoms with E-state index >= 15 is 0 Å². The molecule has 0 N–H and O–H groups in total. The summed E-state index contributed by atoms with van der Waals surface area (Å²) in [5.74, 6) is 0.340. The molecule has 3 heterocycles. The fraction of sp³-hybridized carbons (Fsp3) is 0.304. The number of anilines is 1. The van der Waals surface area contributed by atoms with E-state index in [0.717, 1.165) is 40.0 Å². The van der Waals surface area contributed by atoms with Crippen LogP contribution in [-0.4, -0.2) is 37.8 Å². The maximum absolute atomic E-state index is 13.2. The van der Waals surface area contributed by atoms with Crippen molar-refractivity contribution in [1.29, 1.82) is 0 Å². The number of carbonyl (C=O) groups is 1. The van der Waals surface area contributed by atoms with Crippen LogP contribution in [0.15, 0.2) is 65.3 Å². The monoisotopic (exact) mass is 451 g/mol. The Morgan fingerprint density at radius 3 is 2.74 bits per heavy atom. The molecule has 6 nitrogen and oxygen atoms in total. The third-order valence-electron chi connectivity index (χ3n) is 4.94. The van der Waals surface area contributed by atoms with E-state index in [0.29, 0.717) is 12.3 Å². The highest BCUT2D eigenvalue weighted by Gasteiger charge is 2.20. The zero-order valence-electron chi connectivity index (χ0n) is 17.5. The molecule has 0 aliphatic rings. The van der Waals surface area contributed by atoms with Crippen LogP contribution in [-0.2, 0) is 4.79 Å². The quantitative estimate of drug-likeness (QED) is 0.233. The van der Waals surface area contributed by atoms with Crippen molar-refractivity contribution in [1.82, 2.24) is 19.6 Å². The van der Waals surface area contributed by atoms with Crippen molar-refractivity contribution < 1.29 is 4.79 Å². The zero-order chi connectivity index (χ0) is 21.5. The number of aromatic nitrogens is 4. The summed E-state index contributed by atoms with van der Waals surface area (Å²) < 4.78 is 1.90. The first kappa shape index (κ1) is 21.5. The molecular formula is C23H25N5OS2. The Hall–Kier alpha value is -2.71. The summed E-state index contributed by atoms with van der Waals surface area (Å²) in [4.78, 5) is 19.8. The molecule has 1 aromatic carbocycles. The van der Waals surface area contributed by atoms with E-state index < -0.39 is 0 Å². The first-order valence-corrected chi connectivity index (χ1v) is 12.4. The van der Waals surface area contributed by atoms with Crippen molar-refractivity contribution in [3.05, 3.63) is 60.1 Å². The zero-order valence-corrected chi connectivity index (χ0v) is 19.1. The van der Waals surface area contributed by atoms with Crippen LogP contribution in [0.5, 0.6) is 0 Å². The highest BCUT2D eigenvalue weighted by Crippen LogP contribution is 2.29. The lowest BCUT2D eigenvalue weighted by molar-refractivity contribution is -0.116. The van der Waals surface area contributed by atoms with E-state index in [1.807, 2.05) is 69.4 Å². The molecule has 160 valence electrons. The van der Waals surface area contributed by atoms with Crippen LogP contribution in [0.1, 0.15) is 32.6 Å². The Labute approximate surface area is 190 Å². The van der Waals surface area contributed by atoms with Crippen LogP contribution < -0.4 is 4.90 Å². The van der Waals surface area contributed by atoms with Crippen LogP contribution >= 0.6 is 23.1 Å². The fourth-order valence-corrected chi connectivity index (χ4v) is 4.95. The Morgan fingerprint density at radius 1 is 1.06 bits per heavy atom. The van der Waals surface area contributed by atoms with E-state index in [1.54, 1.807) is 0 Å². The second-order valence-corrected chi connectivity index (χ2v) is 8.97. The van der Waals surface area contributed by atoms with Crippen molar-refractivity contribution in [3.63, 3.8) is 0 Å². The van der Waals surface area contributed by atoms with Gasteiger partial charge in [0.05, 0.1) is 11.4 Å². The van der Waals surface area contributed by atoms with Gasteiger partial charge in [0.2, 0.25) is 5.91 Å². The van der Waals surface area contributed by atoms with Gasteiger partial charge in [-0.05, 0) is 18.6 Å². The highest BCUT2D eigenvalue weighted by molar-refractivity contribution is 7.99. The number of nitrogens with zero attached hydrogens (tertiary/aromatic N) is 5. The van der Waals surface area contributed by atoms with Gasteiger partial charge in [-0.25, -0.2) is 4.98 Å². The van der Waals surface area contributed by atoms with Crippen molar-refractivity contribution in [2.75, 3.05) is 17.2 Å². The molecule has 0 unspecified atom stereocenters. The van der Waals surface area contributed by atoms with Gasteiger partial charge in [-0.15, -0.1) is 21.5 Å². The van der Waals surface area contributed by atoms with Gasteiger partial charge in [0.15, 0.2) is 15.9 Å². The number of carbonyl (C=O) groups excluding carboxylic acids is 1. The van der Waals surface area contributed by atoms with E-state index in [9.17, 15) is 4.79 Å². The highest BCUT2D eigenvalue weighted by atomic mass is 32.2. The molecule has 0 saturated heterocycles. The number of pyridine rings is 1. The second kappa shape index (κ2) is 10.5.